The summed E-state index contributed by atoms with van der Waals surface area (Å²) in [5.74, 6) is 1.71. The molecule has 4 aromatic carbocycles. The number of benzene rings is 4. The van der Waals surface area contributed by atoms with Crippen LogP contribution in [0.5, 0.6) is 0 Å². The van der Waals surface area contributed by atoms with E-state index in [1.54, 1.807) is 29.2 Å². The van der Waals surface area contributed by atoms with Gasteiger partial charge in [-0.15, -0.1) is 0 Å². The van der Waals surface area contributed by atoms with Crippen molar-refractivity contribution in [2.24, 2.45) is 0 Å². The number of fused-ring (bicyclic) bond motifs is 2. The van der Waals surface area contributed by atoms with Crippen LogP contribution >= 0.6 is 69.0 Å². The minimum absolute atomic E-state index is 0.00857. The average molecular weight is 1090 g/mol. The van der Waals surface area contributed by atoms with Crippen molar-refractivity contribution in [2.75, 3.05) is 84.4 Å². The van der Waals surface area contributed by atoms with Crippen LogP contribution in [0.1, 0.15) is 37.1 Å². The van der Waals surface area contributed by atoms with Crippen LogP contribution < -0.4 is 20.0 Å². The summed E-state index contributed by atoms with van der Waals surface area (Å²) in [5, 5.41) is 14.2. The second-order valence-corrected chi connectivity index (χ2v) is 17.9. The van der Waals surface area contributed by atoms with Gasteiger partial charge in [0.05, 0.1) is 43.6 Å². The van der Waals surface area contributed by atoms with Crippen molar-refractivity contribution in [3.05, 3.63) is 175 Å². The minimum Gasteiger partial charge on any atom is -0.368 e. The zero-order valence-corrected chi connectivity index (χ0v) is 42.8. The SMILES string of the molecule is CC1=C(C(=O)N2CCN(c3ccccc3)CC2)C(c2cccc(Cl)c2Cl)n2nccc2N1.CC1=C(C(=O)N2CCN(c3ccccc3)CC2)C(c2cccc(Cl)c2Cl)n2nccc2N1C.CI. The second-order valence-electron chi connectivity index (χ2n) is 16.3. The van der Waals surface area contributed by atoms with Crippen molar-refractivity contribution in [2.45, 2.75) is 25.9 Å². The molecule has 2 saturated heterocycles. The first-order valence-corrected chi connectivity index (χ1v) is 25.6. The van der Waals surface area contributed by atoms with Gasteiger partial charge in [-0.3, -0.25) is 9.59 Å². The van der Waals surface area contributed by atoms with Gasteiger partial charge >= 0.3 is 0 Å². The van der Waals surface area contributed by atoms with E-state index >= 15 is 0 Å². The van der Waals surface area contributed by atoms with E-state index in [2.05, 4.69) is 72.2 Å². The Morgan fingerprint density at radius 2 is 1.01 bits per heavy atom. The van der Waals surface area contributed by atoms with Crippen molar-refractivity contribution in [1.29, 1.82) is 0 Å². The fourth-order valence-electron chi connectivity index (χ4n) is 9.19. The molecule has 0 aliphatic carbocycles. The van der Waals surface area contributed by atoms with Crippen molar-refractivity contribution >= 4 is 104 Å². The van der Waals surface area contributed by atoms with Gasteiger partial charge in [-0.1, -0.05) is 130 Å². The maximum atomic E-state index is 14.0. The quantitative estimate of drug-likeness (QED) is 0.130. The molecule has 2 amide bonds. The number of amides is 2. The number of halogens is 5. The first kappa shape index (κ1) is 48.3. The number of allylic oxidation sites excluding steroid dienone is 2. The largest absolute Gasteiger partial charge is 0.368 e. The number of aromatic nitrogens is 4. The molecule has 2 aromatic heterocycles. The maximum Gasteiger partial charge on any atom is 0.254 e. The zero-order chi connectivity index (χ0) is 47.4. The standard InChI is InChI=1S/C25H25Cl2N5O.C24H23Cl2N5O.CH3I/c1-17-22(25(33)31-15-13-30(14-16-31)18-7-4-3-5-8-18)24(19-9-6-10-20(26)23(19)27)32-21(29(17)2)11-12-28-32;1-16-21(24(32)30-14-12-29(13-15-30)17-6-3-2-4-7-17)23(31-20(28-16)10-11-27-31)18-8-5-9-19(25)22(18)26;1-2/h3-12,24H,13-16H2,1-2H3;2-11,23,28H,12-15H2,1H3;1H3. The molecule has 67 heavy (non-hydrogen) atoms. The third-order valence-electron chi connectivity index (χ3n) is 12.7. The predicted molar refractivity (Wildman–Crippen MR) is 281 cm³/mol. The predicted octanol–water partition coefficient (Wildman–Crippen LogP) is 10.7. The molecule has 4 aliphatic rings. The fraction of sp³-hybridized carbons (Fsp3) is 0.280. The molecule has 0 spiro atoms. The van der Waals surface area contributed by atoms with E-state index in [1.165, 1.54) is 11.4 Å². The van der Waals surface area contributed by atoms with Crippen LogP contribution in [0.3, 0.4) is 0 Å². The molecule has 6 aromatic rings. The number of nitrogens with one attached hydrogen (secondary N) is 1. The van der Waals surface area contributed by atoms with Gasteiger partial charge in [0.15, 0.2) is 0 Å². The van der Waals surface area contributed by atoms with E-state index in [1.807, 2.05) is 118 Å². The van der Waals surface area contributed by atoms with Gasteiger partial charge in [-0.25, -0.2) is 9.36 Å². The van der Waals surface area contributed by atoms with Gasteiger partial charge in [-0.05, 0) is 55.2 Å². The third kappa shape index (κ3) is 9.76. The van der Waals surface area contributed by atoms with Crippen LogP contribution in [0.4, 0.5) is 23.0 Å². The molecule has 2 fully saturated rings. The average Bonchev–Trinajstić information content (AvgIpc) is 4.06. The van der Waals surface area contributed by atoms with Gasteiger partial charge in [0.25, 0.3) is 11.8 Å². The molecule has 17 heteroatoms. The summed E-state index contributed by atoms with van der Waals surface area (Å²) in [5.41, 5.74) is 6.89. The van der Waals surface area contributed by atoms with Gasteiger partial charge < -0.3 is 29.8 Å². The molecular formula is C50H51Cl4IN10O2. The van der Waals surface area contributed by atoms with Crippen LogP contribution in [-0.2, 0) is 9.59 Å². The Hall–Kier alpha value is -5.19. The van der Waals surface area contributed by atoms with Gasteiger partial charge in [0.2, 0.25) is 0 Å². The Labute approximate surface area is 425 Å². The highest BCUT2D eigenvalue weighted by Crippen LogP contribution is 2.44. The minimum atomic E-state index is -0.452. The molecule has 348 valence electrons. The van der Waals surface area contributed by atoms with Gasteiger partial charge in [0, 0.05) is 105 Å². The van der Waals surface area contributed by atoms with E-state index in [-0.39, 0.29) is 11.8 Å². The highest BCUT2D eigenvalue weighted by molar-refractivity contribution is 14.1. The normalized spacial score (nSPS) is 18.0. The highest BCUT2D eigenvalue weighted by Gasteiger charge is 2.40. The number of para-hydroxylation sites is 2. The Balaban J connectivity index is 0.000000175. The molecule has 2 atom stereocenters. The van der Waals surface area contributed by atoms with Gasteiger partial charge in [-0.2, -0.15) is 10.2 Å². The molecule has 12 nitrogen and oxygen atoms in total. The first-order valence-electron chi connectivity index (χ1n) is 21.9. The maximum absolute atomic E-state index is 14.0. The van der Waals surface area contributed by atoms with E-state index < -0.39 is 12.1 Å². The third-order valence-corrected chi connectivity index (χ3v) is 14.4. The summed E-state index contributed by atoms with van der Waals surface area (Å²) < 4.78 is 3.66. The van der Waals surface area contributed by atoms with Crippen molar-refractivity contribution in [1.82, 2.24) is 29.4 Å². The number of hydrogen-bond donors (Lipinski definition) is 1. The number of anilines is 4. The van der Waals surface area contributed by atoms with Gasteiger partial charge in [0.1, 0.15) is 23.7 Å². The Morgan fingerprint density at radius 3 is 1.52 bits per heavy atom. The number of nitrogens with zero attached hydrogens (tertiary/aromatic N) is 9. The summed E-state index contributed by atoms with van der Waals surface area (Å²) in [6.07, 6.45) is 3.46. The number of alkyl halides is 1. The summed E-state index contributed by atoms with van der Waals surface area (Å²) >= 11 is 28.1. The summed E-state index contributed by atoms with van der Waals surface area (Å²) in [6.45, 7) is 9.63. The molecule has 2 unspecified atom stereocenters. The summed E-state index contributed by atoms with van der Waals surface area (Å²) in [7, 11) is 1.96. The lowest BCUT2D eigenvalue weighted by atomic mass is 9.93. The van der Waals surface area contributed by atoms with Crippen molar-refractivity contribution in [3.63, 3.8) is 0 Å². The lowest BCUT2D eigenvalue weighted by Crippen LogP contribution is -2.50. The fourth-order valence-corrected chi connectivity index (χ4v) is 10.0. The van der Waals surface area contributed by atoms with E-state index in [4.69, 9.17) is 46.4 Å². The number of carbonyl (C=O) groups is 2. The lowest BCUT2D eigenvalue weighted by molar-refractivity contribution is -0.128. The zero-order valence-electron chi connectivity index (χ0n) is 37.6. The Morgan fingerprint density at radius 1 is 0.567 bits per heavy atom. The molecule has 10 rings (SSSR count). The van der Waals surface area contributed by atoms with E-state index in [9.17, 15) is 9.59 Å². The van der Waals surface area contributed by atoms with Crippen LogP contribution in [0, 0.1) is 0 Å². The smallest absolute Gasteiger partial charge is 0.254 e. The number of rotatable bonds is 6. The van der Waals surface area contributed by atoms with Crippen LogP contribution in [0.2, 0.25) is 20.1 Å². The number of carbonyl (C=O) groups excluding carboxylic acids is 2. The molecule has 0 saturated carbocycles. The second kappa shape index (κ2) is 21.4. The lowest BCUT2D eigenvalue weighted by Gasteiger charge is -2.40. The molecule has 4 aliphatic heterocycles. The Bertz CT molecular complexity index is 2780. The summed E-state index contributed by atoms with van der Waals surface area (Å²) in [4.78, 5) is 40.2. The molecule has 0 bridgehead atoms. The number of hydrogen-bond acceptors (Lipinski definition) is 8. The van der Waals surface area contributed by atoms with Crippen LogP contribution in [0.25, 0.3) is 0 Å². The van der Waals surface area contributed by atoms with Crippen LogP contribution in [0.15, 0.2) is 144 Å². The number of piperazine rings is 2. The molecule has 6 heterocycles. The topological polar surface area (TPSA) is 98.0 Å². The van der Waals surface area contributed by atoms with E-state index in [0.717, 1.165) is 60.3 Å². The first-order chi connectivity index (χ1) is 32.5. The van der Waals surface area contributed by atoms with Crippen LogP contribution in [-0.4, -0.2) is 106 Å². The Kier molecular flexibility index (Phi) is 15.4. The van der Waals surface area contributed by atoms with Crippen molar-refractivity contribution in [3.8, 4) is 0 Å². The highest BCUT2D eigenvalue weighted by atomic mass is 127. The molecule has 1 N–H and O–H groups in total. The molecular weight excluding hydrogens is 1040 g/mol. The van der Waals surface area contributed by atoms with Crippen molar-refractivity contribution < 1.29 is 9.59 Å². The molecule has 0 radical (unpaired) electrons. The van der Waals surface area contributed by atoms with E-state index in [0.29, 0.717) is 57.4 Å². The monoisotopic (exact) mass is 1090 g/mol. The summed E-state index contributed by atoms with van der Waals surface area (Å²) in [6, 6.07) is 34.6.